The van der Waals surface area contributed by atoms with E-state index >= 15 is 0 Å². The molecule has 1 aromatic heterocycles. The van der Waals surface area contributed by atoms with Crippen molar-refractivity contribution in [2.75, 3.05) is 6.61 Å². The van der Waals surface area contributed by atoms with E-state index in [1.807, 2.05) is 6.92 Å². The van der Waals surface area contributed by atoms with Crippen molar-refractivity contribution in [1.82, 2.24) is 10.1 Å². The van der Waals surface area contributed by atoms with E-state index in [-0.39, 0.29) is 6.10 Å². The highest BCUT2D eigenvalue weighted by molar-refractivity contribution is 5.01. The molecule has 5 nitrogen and oxygen atoms in total. The van der Waals surface area contributed by atoms with E-state index in [9.17, 15) is 5.11 Å². The molecule has 0 bridgehead atoms. The first kappa shape index (κ1) is 12.1. The Morgan fingerprint density at radius 1 is 1.44 bits per heavy atom. The highest BCUT2D eigenvalue weighted by atomic mass is 16.5. The minimum atomic E-state index is -0.412. The molecule has 2 heterocycles. The summed E-state index contributed by atoms with van der Waals surface area (Å²) in [5.41, 5.74) is -0.412. The van der Waals surface area contributed by atoms with Crippen molar-refractivity contribution in [3.8, 4) is 0 Å². The van der Waals surface area contributed by atoms with Gasteiger partial charge in [-0.25, -0.2) is 0 Å². The highest BCUT2D eigenvalue weighted by Crippen LogP contribution is 2.35. The van der Waals surface area contributed by atoms with E-state index < -0.39 is 5.60 Å². The largest absolute Gasteiger partial charge is 0.392 e. The second-order valence-electron chi connectivity index (χ2n) is 5.66. The van der Waals surface area contributed by atoms with Crippen LogP contribution in [-0.4, -0.2) is 28.0 Å². The maximum Gasteiger partial charge on any atom is 0.229 e. The topological polar surface area (TPSA) is 68.4 Å². The van der Waals surface area contributed by atoms with Gasteiger partial charge in [0.2, 0.25) is 11.7 Å². The predicted octanol–water partition coefficient (Wildman–Crippen LogP) is 1.80. The minimum Gasteiger partial charge on any atom is -0.392 e. The normalized spacial score (nSPS) is 30.3. The van der Waals surface area contributed by atoms with Crippen LogP contribution in [0.1, 0.15) is 50.7 Å². The Morgan fingerprint density at radius 2 is 2.28 bits per heavy atom. The van der Waals surface area contributed by atoms with Gasteiger partial charge in [-0.05, 0) is 44.9 Å². The molecular weight excluding hydrogens is 232 g/mol. The third kappa shape index (κ3) is 2.42. The molecule has 18 heavy (non-hydrogen) atoms. The van der Waals surface area contributed by atoms with Crippen molar-refractivity contribution in [2.45, 2.75) is 57.2 Å². The number of aliphatic hydroxyl groups excluding tert-OH is 1. The van der Waals surface area contributed by atoms with Gasteiger partial charge in [0.1, 0.15) is 5.60 Å². The third-order valence-corrected chi connectivity index (χ3v) is 3.96. The van der Waals surface area contributed by atoms with Gasteiger partial charge in [0, 0.05) is 6.61 Å². The number of hydrogen-bond acceptors (Lipinski definition) is 5. The highest BCUT2D eigenvalue weighted by Gasteiger charge is 2.36. The molecule has 2 aliphatic rings. The Kier molecular flexibility index (Phi) is 3.11. The van der Waals surface area contributed by atoms with Crippen LogP contribution in [0.4, 0.5) is 0 Å². The van der Waals surface area contributed by atoms with Crippen LogP contribution in [0.25, 0.3) is 0 Å². The molecule has 1 saturated carbocycles. The fourth-order valence-electron chi connectivity index (χ4n) is 2.49. The van der Waals surface area contributed by atoms with Crippen LogP contribution in [0.5, 0.6) is 0 Å². The van der Waals surface area contributed by atoms with Crippen LogP contribution in [0, 0.1) is 5.92 Å². The average Bonchev–Trinajstić information content (AvgIpc) is 3.11. The summed E-state index contributed by atoms with van der Waals surface area (Å²) in [6, 6.07) is 0. The standard InChI is InChI=1S/C13H20N2O3/c1-13(6-2-3-7-17-13)12-14-11(18-15-12)8-10(16)9-4-5-9/h9-10,16H,2-8H2,1H3. The molecule has 2 atom stereocenters. The van der Waals surface area contributed by atoms with Crippen LogP contribution in [0.2, 0.25) is 0 Å². The van der Waals surface area contributed by atoms with Crippen molar-refractivity contribution >= 4 is 0 Å². The lowest BCUT2D eigenvalue weighted by molar-refractivity contribution is -0.0770. The molecule has 0 spiro atoms. The zero-order valence-corrected chi connectivity index (χ0v) is 10.8. The molecule has 3 rings (SSSR count). The summed E-state index contributed by atoms with van der Waals surface area (Å²) in [4.78, 5) is 4.39. The van der Waals surface area contributed by atoms with Crippen LogP contribution in [0.15, 0.2) is 4.52 Å². The van der Waals surface area contributed by atoms with Gasteiger partial charge in [-0.15, -0.1) is 0 Å². The van der Waals surface area contributed by atoms with E-state index in [2.05, 4.69) is 10.1 Å². The van der Waals surface area contributed by atoms with E-state index in [4.69, 9.17) is 9.26 Å². The molecule has 1 saturated heterocycles. The summed E-state index contributed by atoms with van der Waals surface area (Å²) in [5.74, 6) is 1.59. The monoisotopic (exact) mass is 252 g/mol. The summed E-state index contributed by atoms with van der Waals surface area (Å²) in [7, 11) is 0. The molecule has 1 aromatic rings. The summed E-state index contributed by atoms with van der Waals surface area (Å²) < 4.78 is 11.0. The Balaban J connectivity index is 1.68. The summed E-state index contributed by atoms with van der Waals surface area (Å²) >= 11 is 0. The Labute approximate surface area is 107 Å². The molecule has 2 fully saturated rings. The fourth-order valence-corrected chi connectivity index (χ4v) is 2.49. The lowest BCUT2D eigenvalue weighted by atomic mass is 9.95. The van der Waals surface area contributed by atoms with Gasteiger partial charge in [0.15, 0.2) is 0 Å². The van der Waals surface area contributed by atoms with Gasteiger partial charge in [-0.1, -0.05) is 5.16 Å². The maximum atomic E-state index is 9.87. The van der Waals surface area contributed by atoms with Crippen molar-refractivity contribution in [1.29, 1.82) is 0 Å². The van der Waals surface area contributed by atoms with Gasteiger partial charge in [-0.3, -0.25) is 0 Å². The van der Waals surface area contributed by atoms with Crippen molar-refractivity contribution in [3.05, 3.63) is 11.7 Å². The minimum absolute atomic E-state index is 0.335. The zero-order chi connectivity index (χ0) is 12.6. The van der Waals surface area contributed by atoms with Gasteiger partial charge < -0.3 is 14.4 Å². The molecule has 1 aliphatic carbocycles. The van der Waals surface area contributed by atoms with Crippen LogP contribution >= 0.6 is 0 Å². The Morgan fingerprint density at radius 3 is 2.94 bits per heavy atom. The third-order valence-electron chi connectivity index (χ3n) is 3.96. The van der Waals surface area contributed by atoms with Crippen molar-refractivity contribution in [3.63, 3.8) is 0 Å². The lowest BCUT2D eigenvalue weighted by Crippen LogP contribution is -2.31. The smallest absolute Gasteiger partial charge is 0.229 e. The molecule has 1 N–H and O–H groups in total. The molecule has 0 aromatic carbocycles. The quantitative estimate of drug-likeness (QED) is 0.885. The van der Waals surface area contributed by atoms with Crippen molar-refractivity contribution < 1.29 is 14.4 Å². The van der Waals surface area contributed by atoms with Gasteiger partial charge >= 0.3 is 0 Å². The van der Waals surface area contributed by atoms with E-state index in [0.717, 1.165) is 38.7 Å². The van der Waals surface area contributed by atoms with Crippen LogP contribution in [-0.2, 0) is 16.8 Å². The zero-order valence-electron chi connectivity index (χ0n) is 10.8. The summed E-state index contributed by atoms with van der Waals surface area (Å²) in [5, 5.41) is 13.9. The molecule has 1 aliphatic heterocycles. The Hall–Kier alpha value is -0.940. The molecular formula is C13H20N2O3. The van der Waals surface area contributed by atoms with Gasteiger partial charge in [0.05, 0.1) is 12.5 Å². The van der Waals surface area contributed by atoms with Crippen molar-refractivity contribution in [2.24, 2.45) is 5.92 Å². The molecule has 5 heteroatoms. The first-order valence-electron chi connectivity index (χ1n) is 6.82. The van der Waals surface area contributed by atoms with Crippen LogP contribution in [0.3, 0.4) is 0 Å². The predicted molar refractivity (Wildman–Crippen MR) is 63.9 cm³/mol. The number of ether oxygens (including phenoxy) is 1. The van der Waals surface area contributed by atoms with Gasteiger partial charge in [-0.2, -0.15) is 4.98 Å². The second kappa shape index (κ2) is 4.63. The maximum absolute atomic E-state index is 9.87. The second-order valence-corrected chi connectivity index (χ2v) is 5.66. The van der Waals surface area contributed by atoms with E-state index in [1.165, 1.54) is 0 Å². The summed E-state index contributed by atoms with van der Waals surface area (Å²) in [6.07, 6.45) is 5.52. The first-order chi connectivity index (χ1) is 8.67. The number of hydrogen-bond donors (Lipinski definition) is 1. The number of nitrogens with zero attached hydrogens (tertiary/aromatic N) is 2. The summed E-state index contributed by atoms with van der Waals surface area (Å²) in [6.45, 7) is 2.77. The van der Waals surface area contributed by atoms with E-state index in [1.54, 1.807) is 0 Å². The van der Waals surface area contributed by atoms with E-state index in [0.29, 0.717) is 24.1 Å². The Bertz CT molecular complexity index is 408. The molecule has 100 valence electrons. The average molecular weight is 252 g/mol. The number of aliphatic hydroxyl groups is 1. The molecule has 0 radical (unpaired) electrons. The first-order valence-corrected chi connectivity index (χ1v) is 6.82. The van der Waals surface area contributed by atoms with Crippen LogP contribution < -0.4 is 0 Å². The van der Waals surface area contributed by atoms with Gasteiger partial charge in [0.25, 0.3) is 0 Å². The number of aromatic nitrogens is 2. The number of rotatable bonds is 4. The fraction of sp³-hybridized carbons (Fsp3) is 0.846. The molecule has 2 unspecified atom stereocenters. The lowest BCUT2D eigenvalue weighted by Gasteiger charge is -2.30. The SMILES string of the molecule is CC1(c2noc(CC(O)C3CC3)n2)CCCCO1. The molecule has 0 amide bonds.